The van der Waals surface area contributed by atoms with Crippen LogP contribution in [-0.4, -0.2) is 21.3 Å². The molecule has 1 aromatic heterocycles. The number of imidazole rings is 1. The first-order valence-corrected chi connectivity index (χ1v) is 7.54. The van der Waals surface area contributed by atoms with E-state index in [1.807, 2.05) is 25.5 Å². The summed E-state index contributed by atoms with van der Waals surface area (Å²) in [5.41, 5.74) is 0.871. The molecule has 1 aromatic carbocycles. The lowest BCUT2D eigenvalue weighted by molar-refractivity contribution is 0.295. The predicted molar refractivity (Wildman–Crippen MR) is 78.6 cm³/mol. The molecule has 0 saturated carbocycles. The van der Waals surface area contributed by atoms with Gasteiger partial charge < -0.3 is 9.67 Å². The Bertz CT molecular complexity index is 621. The second kappa shape index (κ2) is 6.58. The van der Waals surface area contributed by atoms with Crippen LogP contribution in [0.25, 0.3) is 0 Å². The molecule has 2 aromatic rings. The van der Waals surface area contributed by atoms with Gasteiger partial charge >= 0.3 is 0 Å². The number of benzene rings is 1. The number of rotatable bonds is 5. The third-order valence-electron chi connectivity index (χ3n) is 3.09. The molecule has 6 heteroatoms. The molecule has 0 radical (unpaired) electrons. The zero-order valence-corrected chi connectivity index (χ0v) is 13.0. The van der Waals surface area contributed by atoms with E-state index in [4.69, 9.17) is 5.11 Å². The third kappa shape index (κ3) is 3.63. The molecule has 0 spiro atoms. The summed E-state index contributed by atoms with van der Waals surface area (Å²) in [7, 11) is 1.85. The molecule has 0 aliphatic carbocycles. The first-order chi connectivity index (χ1) is 9.92. The third-order valence-corrected chi connectivity index (χ3v) is 4.24. The van der Waals surface area contributed by atoms with E-state index in [0.29, 0.717) is 11.3 Å². The molecule has 0 unspecified atom stereocenters. The van der Waals surface area contributed by atoms with Gasteiger partial charge in [-0.1, -0.05) is 25.6 Å². The van der Waals surface area contributed by atoms with Crippen molar-refractivity contribution in [3.8, 4) is 0 Å². The highest BCUT2D eigenvalue weighted by molar-refractivity contribution is 7.99. The average Bonchev–Trinajstić information content (AvgIpc) is 2.67. The van der Waals surface area contributed by atoms with Crippen LogP contribution in [0, 0.1) is 11.6 Å². The highest BCUT2D eigenvalue weighted by atomic mass is 32.2. The molecular formula is C15H18F2N2OS. The molecule has 0 bridgehead atoms. The molecule has 0 fully saturated rings. The normalized spacial score (nSPS) is 11.4. The summed E-state index contributed by atoms with van der Waals surface area (Å²) in [4.78, 5) is 5.03. The number of hydrogen-bond donors (Lipinski definition) is 1. The molecule has 1 heterocycles. The van der Waals surface area contributed by atoms with Crippen LogP contribution in [-0.2, 0) is 13.5 Å². The fourth-order valence-electron chi connectivity index (χ4n) is 2.07. The van der Waals surface area contributed by atoms with E-state index in [2.05, 4.69) is 4.98 Å². The zero-order valence-electron chi connectivity index (χ0n) is 12.2. The van der Waals surface area contributed by atoms with Crippen molar-refractivity contribution in [1.29, 1.82) is 0 Å². The van der Waals surface area contributed by atoms with Gasteiger partial charge in [0.05, 0.1) is 12.3 Å². The summed E-state index contributed by atoms with van der Waals surface area (Å²) in [5.74, 6) is -0.243. The Morgan fingerprint density at radius 1 is 1.24 bits per heavy atom. The number of aliphatic hydroxyl groups is 1. The Kier molecular flexibility index (Phi) is 5.00. The van der Waals surface area contributed by atoms with Crippen LogP contribution in [0.5, 0.6) is 0 Å². The second-order valence-electron chi connectivity index (χ2n) is 5.11. The molecule has 0 amide bonds. The topological polar surface area (TPSA) is 38.1 Å². The molecule has 0 aliphatic rings. The summed E-state index contributed by atoms with van der Waals surface area (Å²) < 4.78 is 28.5. The van der Waals surface area contributed by atoms with E-state index in [9.17, 15) is 8.78 Å². The van der Waals surface area contributed by atoms with Crippen molar-refractivity contribution in [3.63, 3.8) is 0 Å². The lowest BCUT2D eigenvalue weighted by Crippen LogP contribution is -2.01. The summed E-state index contributed by atoms with van der Waals surface area (Å²) in [6.45, 7) is 4.05. The van der Waals surface area contributed by atoms with E-state index in [1.54, 1.807) is 0 Å². The molecule has 0 atom stereocenters. The van der Waals surface area contributed by atoms with Crippen molar-refractivity contribution < 1.29 is 13.9 Å². The average molecular weight is 312 g/mol. The summed E-state index contributed by atoms with van der Waals surface area (Å²) in [6, 6.07) is 3.46. The maximum atomic E-state index is 13.3. The maximum Gasteiger partial charge on any atom is 0.127 e. The van der Waals surface area contributed by atoms with Crippen LogP contribution in [0.1, 0.15) is 31.3 Å². The standard InChI is InChI=1S/C15H18F2N2OS/c1-9(2)14-15(19(3)13(18-14)4-5-20)21-12-7-10(16)6-11(17)8-12/h6-9,20H,4-5H2,1-3H3. The molecule has 0 aliphatic heterocycles. The number of hydrogen-bond acceptors (Lipinski definition) is 3. The van der Waals surface area contributed by atoms with Crippen molar-refractivity contribution in [2.75, 3.05) is 6.61 Å². The Hall–Kier alpha value is -1.40. The smallest absolute Gasteiger partial charge is 0.127 e. The minimum absolute atomic E-state index is 0.0150. The van der Waals surface area contributed by atoms with E-state index >= 15 is 0 Å². The lowest BCUT2D eigenvalue weighted by atomic mass is 10.1. The minimum atomic E-state index is -0.596. The van der Waals surface area contributed by atoms with Crippen LogP contribution in [0.3, 0.4) is 0 Å². The molecular weight excluding hydrogens is 294 g/mol. The van der Waals surface area contributed by atoms with Gasteiger partial charge in [-0.15, -0.1) is 0 Å². The van der Waals surface area contributed by atoms with Gasteiger partial charge in [0, 0.05) is 24.4 Å². The second-order valence-corrected chi connectivity index (χ2v) is 6.18. The Labute approximate surface area is 127 Å². The minimum Gasteiger partial charge on any atom is -0.396 e. The first kappa shape index (κ1) is 16.0. The fourth-order valence-corrected chi connectivity index (χ4v) is 3.26. The van der Waals surface area contributed by atoms with Gasteiger partial charge in [0.2, 0.25) is 0 Å². The molecule has 21 heavy (non-hydrogen) atoms. The Morgan fingerprint density at radius 3 is 2.38 bits per heavy atom. The Balaban J connectivity index is 2.42. The highest BCUT2D eigenvalue weighted by Gasteiger charge is 2.18. The molecule has 2 rings (SSSR count). The van der Waals surface area contributed by atoms with Crippen molar-refractivity contribution in [1.82, 2.24) is 9.55 Å². The molecule has 3 nitrogen and oxygen atoms in total. The van der Waals surface area contributed by atoms with Gasteiger partial charge in [-0.3, -0.25) is 0 Å². The zero-order chi connectivity index (χ0) is 15.6. The van der Waals surface area contributed by atoms with Gasteiger partial charge in [0.15, 0.2) is 0 Å². The van der Waals surface area contributed by atoms with Gasteiger partial charge in [-0.2, -0.15) is 0 Å². The summed E-state index contributed by atoms with van der Waals surface area (Å²) in [5, 5.41) is 9.93. The number of nitrogens with zero attached hydrogens (tertiary/aromatic N) is 2. The van der Waals surface area contributed by atoms with Gasteiger partial charge in [0.1, 0.15) is 22.5 Å². The lowest BCUT2D eigenvalue weighted by Gasteiger charge is -2.09. The highest BCUT2D eigenvalue weighted by Crippen LogP contribution is 2.34. The van der Waals surface area contributed by atoms with Crippen molar-refractivity contribution in [2.45, 2.75) is 36.1 Å². The number of aromatic nitrogens is 2. The van der Waals surface area contributed by atoms with Gasteiger partial charge in [0.25, 0.3) is 0 Å². The van der Waals surface area contributed by atoms with Crippen molar-refractivity contribution in [3.05, 3.63) is 41.4 Å². The molecule has 114 valence electrons. The predicted octanol–water partition coefficient (Wildman–Crippen LogP) is 3.51. The van der Waals surface area contributed by atoms with Crippen molar-refractivity contribution >= 4 is 11.8 Å². The largest absolute Gasteiger partial charge is 0.396 e. The van der Waals surface area contributed by atoms with E-state index in [0.717, 1.165) is 22.6 Å². The van der Waals surface area contributed by atoms with Gasteiger partial charge in [-0.05, 0) is 18.1 Å². The van der Waals surface area contributed by atoms with Crippen LogP contribution in [0.4, 0.5) is 8.78 Å². The van der Waals surface area contributed by atoms with Crippen LogP contribution >= 0.6 is 11.8 Å². The Morgan fingerprint density at radius 2 is 1.86 bits per heavy atom. The quantitative estimate of drug-likeness (QED) is 0.918. The fraction of sp³-hybridized carbons (Fsp3) is 0.400. The van der Waals surface area contributed by atoms with Crippen LogP contribution in [0.15, 0.2) is 28.1 Å². The van der Waals surface area contributed by atoms with E-state index < -0.39 is 11.6 Å². The van der Waals surface area contributed by atoms with Gasteiger partial charge in [-0.25, -0.2) is 13.8 Å². The maximum absolute atomic E-state index is 13.3. The van der Waals surface area contributed by atoms with Crippen LogP contribution < -0.4 is 0 Å². The number of halogens is 2. The molecule has 1 N–H and O–H groups in total. The SMILES string of the molecule is CC(C)c1nc(CCO)n(C)c1Sc1cc(F)cc(F)c1. The van der Waals surface area contributed by atoms with Crippen molar-refractivity contribution in [2.24, 2.45) is 7.05 Å². The molecule has 0 saturated heterocycles. The van der Waals surface area contributed by atoms with E-state index in [-0.39, 0.29) is 12.5 Å². The summed E-state index contributed by atoms with van der Waals surface area (Å²) >= 11 is 1.28. The summed E-state index contributed by atoms with van der Waals surface area (Å²) in [6.07, 6.45) is 0.453. The number of aliphatic hydroxyl groups excluding tert-OH is 1. The van der Waals surface area contributed by atoms with Crippen LogP contribution in [0.2, 0.25) is 0 Å². The first-order valence-electron chi connectivity index (χ1n) is 6.72. The monoisotopic (exact) mass is 312 g/mol. The van der Waals surface area contributed by atoms with E-state index in [1.165, 1.54) is 23.9 Å².